The molecule has 1 aliphatic heterocycles. The first-order valence-corrected chi connectivity index (χ1v) is 24.0. The number of amides is 9. The molecule has 27 heteroatoms. The molecular formula is C45H62N10O16S. The van der Waals surface area contributed by atoms with Gasteiger partial charge in [-0.3, -0.25) is 47.9 Å². The number of likely N-dealkylation sites (tertiary alicyclic amines) is 1. The molecule has 0 unspecified atom stereocenters. The topological polar surface area (TPSA) is 414 Å². The number of phenolic OH excluding ortho intramolecular Hbond substituents is 1. The SMILES string of the molecule is CSCC[C@H](NC(=O)[C@H](CC(=O)O)NC(=O)[C@H](Cc1ccc(O)cc1)NC(=O)[C@H](CO)NC(=O)CN)C(=O)N1CCC[C@H]1C(=O)N[C@@H](Cc1ccccc1)C(=O)NCC(=O)NCC(=O)N[C@H](C(=O)O)[C@@H](C)O. The van der Waals surface area contributed by atoms with E-state index in [0.717, 1.165) is 6.92 Å². The van der Waals surface area contributed by atoms with Crippen molar-refractivity contribution in [1.29, 1.82) is 0 Å². The largest absolute Gasteiger partial charge is 0.508 e. The number of hydrogen-bond acceptors (Lipinski definition) is 16. The fourth-order valence-corrected chi connectivity index (χ4v) is 7.67. The smallest absolute Gasteiger partial charge is 0.328 e. The quantitative estimate of drug-likeness (QED) is 0.0363. The van der Waals surface area contributed by atoms with E-state index in [1.54, 1.807) is 36.6 Å². The predicted octanol–water partition coefficient (Wildman–Crippen LogP) is -5.05. The molecule has 2 aromatic carbocycles. The highest BCUT2D eigenvalue weighted by Gasteiger charge is 2.40. The molecule has 0 saturated carbocycles. The molecule has 72 heavy (non-hydrogen) atoms. The van der Waals surface area contributed by atoms with Crippen molar-refractivity contribution in [3.63, 3.8) is 0 Å². The highest BCUT2D eigenvalue weighted by Crippen LogP contribution is 2.21. The van der Waals surface area contributed by atoms with Gasteiger partial charge in [-0.2, -0.15) is 11.8 Å². The zero-order chi connectivity index (χ0) is 53.5. The van der Waals surface area contributed by atoms with Gasteiger partial charge in [0.2, 0.25) is 53.2 Å². The fraction of sp³-hybridized carbons (Fsp3) is 0.489. The molecule has 1 saturated heterocycles. The van der Waals surface area contributed by atoms with Crippen molar-refractivity contribution in [1.82, 2.24) is 47.4 Å². The third-order valence-corrected chi connectivity index (χ3v) is 11.6. The van der Waals surface area contributed by atoms with Crippen LogP contribution >= 0.6 is 11.8 Å². The number of hydrogen-bond donors (Lipinski definition) is 14. The molecule has 1 fully saturated rings. The van der Waals surface area contributed by atoms with E-state index >= 15 is 0 Å². The molecule has 1 aliphatic rings. The zero-order valence-electron chi connectivity index (χ0n) is 39.5. The molecule has 0 aromatic heterocycles. The number of carboxylic acids is 2. The van der Waals surface area contributed by atoms with Crippen molar-refractivity contribution in [3.05, 3.63) is 65.7 Å². The number of nitrogens with zero attached hydrogens (tertiary/aromatic N) is 1. The Kier molecular flexibility index (Phi) is 24.3. The van der Waals surface area contributed by atoms with Gasteiger partial charge >= 0.3 is 11.9 Å². The van der Waals surface area contributed by atoms with E-state index in [9.17, 15) is 78.3 Å². The maximum absolute atomic E-state index is 14.3. The van der Waals surface area contributed by atoms with Gasteiger partial charge in [0.05, 0.1) is 38.8 Å². The summed E-state index contributed by atoms with van der Waals surface area (Å²) in [7, 11) is 0. The summed E-state index contributed by atoms with van der Waals surface area (Å²) in [4.78, 5) is 144. The molecule has 0 bridgehead atoms. The van der Waals surface area contributed by atoms with E-state index < -0.39 is 146 Å². The normalized spacial score (nSPS) is 15.9. The summed E-state index contributed by atoms with van der Waals surface area (Å²) in [5.41, 5.74) is 6.30. The van der Waals surface area contributed by atoms with Crippen molar-refractivity contribution in [3.8, 4) is 5.75 Å². The highest BCUT2D eigenvalue weighted by molar-refractivity contribution is 7.98. The molecule has 9 amide bonds. The van der Waals surface area contributed by atoms with Crippen LogP contribution in [0.3, 0.4) is 0 Å². The molecule has 8 atom stereocenters. The minimum Gasteiger partial charge on any atom is -0.508 e. The Morgan fingerprint density at radius 3 is 1.85 bits per heavy atom. The van der Waals surface area contributed by atoms with Crippen molar-refractivity contribution >= 4 is 76.9 Å². The van der Waals surface area contributed by atoms with Gasteiger partial charge < -0.3 is 78.7 Å². The van der Waals surface area contributed by atoms with E-state index in [1.807, 2.05) is 0 Å². The Hall–Kier alpha value is -7.36. The van der Waals surface area contributed by atoms with Gasteiger partial charge in [0.25, 0.3) is 0 Å². The molecule has 1 heterocycles. The van der Waals surface area contributed by atoms with E-state index in [-0.39, 0.29) is 43.7 Å². The molecule has 0 spiro atoms. The molecule has 0 radical (unpaired) electrons. The number of benzene rings is 2. The molecule has 0 aliphatic carbocycles. The Morgan fingerprint density at radius 2 is 1.26 bits per heavy atom. The Balaban J connectivity index is 1.80. The van der Waals surface area contributed by atoms with Crippen LogP contribution in [0.1, 0.15) is 43.7 Å². The first kappa shape index (κ1) is 59.0. The number of nitrogens with two attached hydrogens (primary N) is 1. The number of carbonyl (C=O) groups is 11. The minimum atomic E-state index is -1.85. The van der Waals surface area contributed by atoms with Crippen LogP contribution in [0.2, 0.25) is 0 Å². The number of thioether (sulfide) groups is 1. The van der Waals surface area contributed by atoms with Crippen LogP contribution in [0.15, 0.2) is 54.6 Å². The van der Waals surface area contributed by atoms with Gasteiger partial charge in [0.15, 0.2) is 6.04 Å². The third-order valence-electron chi connectivity index (χ3n) is 11.0. The number of rotatable bonds is 29. The summed E-state index contributed by atoms with van der Waals surface area (Å²) in [6.07, 6.45) is -0.658. The molecular weight excluding hydrogens is 969 g/mol. The third kappa shape index (κ3) is 19.4. The van der Waals surface area contributed by atoms with Crippen LogP contribution in [0, 0.1) is 0 Å². The number of aromatic hydroxyl groups is 1. The summed E-state index contributed by atoms with van der Waals surface area (Å²) in [6.45, 7) is -1.62. The maximum Gasteiger partial charge on any atom is 0.328 e. The Morgan fingerprint density at radius 1 is 0.694 bits per heavy atom. The predicted molar refractivity (Wildman–Crippen MR) is 255 cm³/mol. The molecule has 15 N–H and O–H groups in total. The van der Waals surface area contributed by atoms with E-state index in [1.165, 1.54) is 40.9 Å². The maximum atomic E-state index is 14.3. The number of aliphatic hydroxyl groups is 2. The number of aliphatic hydroxyl groups excluding tert-OH is 2. The van der Waals surface area contributed by atoms with Crippen molar-refractivity contribution in [2.24, 2.45) is 5.73 Å². The van der Waals surface area contributed by atoms with Crippen molar-refractivity contribution < 1.29 is 78.3 Å². The van der Waals surface area contributed by atoms with Gasteiger partial charge in [-0.15, -0.1) is 0 Å². The lowest BCUT2D eigenvalue weighted by atomic mass is 10.0. The van der Waals surface area contributed by atoms with Gasteiger partial charge in [-0.25, -0.2) is 4.79 Å². The lowest BCUT2D eigenvalue weighted by Crippen LogP contribution is -2.60. The summed E-state index contributed by atoms with van der Waals surface area (Å²) < 4.78 is 0. The van der Waals surface area contributed by atoms with Crippen LogP contribution < -0.4 is 48.3 Å². The standard InChI is InChI=1S/C45H62N10O16S/c1-24(57)38(45(70)71)54-36(61)22-47-35(60)21-48-39(64)29(17-25-7-4-3-5-8-25)53-43(68)33-9-6-15-55(33)44(69)28(14-16-72-2)50-41(66)31(19-37(62)63)52-40(65)30(18-26-10-12-27(58)13-11-26)51-42(67)32(23-56)49-34(59)20-46/h3-5,7-8,10-13,24,28-33,38,56-58H,6,9,14-23,46H2,1-2H3,(H,47,60)(H,48,64)(H,49,59)(H,50,66)(H,51,67)(H,52,65)(H,53,68)(H,54,61)(H,62,63)(H,70,71)/t24-,28+,29+,30+,31+,32+,33+,38+/m1/s1. The minimum absolute atomic E-state index is 0.0234. The van der Waals surface area contributed by atoms with Crippen molar-refractivity contribution in [2.45, 2.75) is 93.8 Å². The average molecular weight is 1030 g/mol. The average Bonchev–Trinajstić information content (AvgIpc) is 3.85. The van der Waals surface area contributed by atoms with Crippen LogP contribution in [0.5, 0.6) is 5.75 Å². The second-order valence-corrected chi connectivity index (χ2v) is 17.5. The number of aliphatic carboxylic acids is 2. The van der Waals surface area contributed by atoms with Gasteiger partial charge in [0, 0.05) is 19.4 Å². The van der Waals surface area contributed by atoms with E-state index in [0.29, 0.717) is 17.5 Å². The first-order valence-electron chi connectivity index (χ1n) is 22.6. The number of carbonyl (C=O) groups excluding carboxylic acids is 9. The molecule has 394 valence electrons. The lowest BCUT2D eigenvalue weighted by molar-refractivity contribution is -0.144. The second kappa shape index (κ2) is 29.7. The number of phenols is 1. The van der Waals surface area contributed by atoms with Crippen LogP contribution in [-0.4, -0.2) is 189 Å². The molecule has 2 aromatic rings. The number of nitrogens with one attached hydrogen (secondary N) is 8. The summed E-state index contributed by atoms with van der Waals surface area (Å²) in [6, 6.07) is 3.45. The van der Waals surface area contributed by atoms with Crippen LogP contribution in [0.4, 0.5) is 0 Å². The van der Waals surface area contributed by atoms with E-state index in [4.69, 9.17) is 5.73 Å². The highest BCUT2D eigenvalue weighted by atomic mass is 32.2. The Bertz CT molecular complexity index is 2240. The summed E-state index contributed by atoms with van der Waals surface area (Å²) >= 11 is 1.31. The zero-order valence-corrected chi connectivity index (χ0v) is 40.3. The Labute approximate surface area is 417 Å². The van der Waals surface area contributed by atoms with Crippen LogP contribution in [-0.2, 0) is 65.6 Å². The first-order chi connectivity index (χ1) is 34.2. The molecule has 26 nitrogen and oxygen atoms in total. The second-order valence-electron chi connectivity index (χ2n) is 16.5. The lowest BCUT2D eigenvalue weighted by Gasteiger charge is -2.31. The summed E-state index contributed by atoms with van der Waals surface area (Å²) in [5, 5.41) is 66.9. The fourth-order valence-electron chi connectivity index (χ4n) is 7.19. The van der Waals surface area contributed by atoms with E-state index in [2.05, 4.69) is 42.5 Å². The number of carboxylic acid groups (broad SMARTS) is 2. The monoisotopic (exact) mass is 1030 g/mol. The van der Waals surface area contributed by atoms with Gasteiger partial charge in [-0.05, 0) is 61.5 Å². The van der Waals surface area contributed by atoms with Gasteiger partial charge in [0.1, 0.15) is 42.0 Å². The van der Waals surface area contributed by atoms with Crippen LogP contribution in [0.25, 0.3) is 0 Å². The summed E-state index contributed by atoms with van der Waals surface area (Å²) in [5.74, 6) is -11.0. The van der Waals surface area contributed by atoms with Gasteiger partial charge in [-0.1, -0.05) is 42.5 Å². The van der Waals surface area contributed by atoms with Crippen molar-refractivity contribution in [2.75, 3.05) is 44.8 Å². The molecule has 3 rings (SSSR count).